The Bertz CT molecular complexity index is 643. The molecule has 2 aromatic rings. The van der Waals surface area contributed by atoms with Crippen LogP contribution >= 0.6 is 39.1 Å². The number of anilines is 1. The van der Waals surface area contributed by atoms with Crippen molar-refractivity contribution in [2.45, 2.75) is 6.92 Å². The summed E-state index contributed by atoms with van der Waals surface area (Å²) in [4.78, 5) is 12.2. The van der Waals surface area contributed by atoms with Crippen molar-refractivity contribution in [2.75, 3.05) is 5.32 Å². The Labute approximate surface area is 129 Å². The quantitative estimate of drug-likeness (QED) is 0.773. The topological polar surface area (TPSA) is 29.1 Å². The number of hydrogen-bond donors (Lipinski definition) is 1. The van der Waals surface area contributed by atoms with Crippen LogP contribution in [0.1, 0.15) is 15.9 Å². The van der Waals surface area contributed by atoms with Gasteiger partial charge in [0.2, 0.25) is 0 Å². The van der Waals surface area contributed by atoms with E-state index < -0.39 is 0 Å². The average Bonchev–Trinajstić information content (AvgIpc) is 2.36. The predicted octanol–water partition coefficient (Wildman–Crippen LogP) is 5.32. The minimum Gasteiger partial charge on any atom is -0.321 e. The van der Waals surface area contributed by atoms with Crippen LogP contribution in [0.4, 0.5) is 5.69 Å². The summed E-state index contributed by atoms with van der Waals surface area (Å²) in [6.07, 6.45) is 0. The standard InChI is InChI=1S/C14H10BrCl2NO/c1-8-2-3-9(15)6-11(8)14(19)18-13-7-10(16)4-5-12(13)17/h2-7H,1H3,(H,18,19). The van der Waals surface area contributed by atoms with Crippen molar-refractivity contribution in [3.8, 4) is 0 Å². The van der Waals surface area contributed by atoms with E-state index in [1.807, 2.05) is 19.1 Å². The molecule has 0 saturated heterocycles. The lowest BCUT2D eigenvalue weighted by molar-refractivity contribution is 0.102. The van der Waals surface area contributed by atoms with Crippen molar-refractivity contribution in [2.24, 2.45) is 0 Å². The number of halogens is 3. The highest BCUT2D eigenvalue weighted by molar-refractivity contribution is 9.10. The molecule has 0 radical (unpaired) electrons. The molecule has 0 heterocycles. The highest BCUT2D eigenvalue weighted by Gasteiger charge is 2.11. The fourth-order valence-corrected chi connectivity index (χ4v) is 2.32. The minimum absolute atomic E-state index is 0.219. The van der Waals surface area contributed by atoms with Gasteiger partial charge in [-0.05, 0) is 42.8 Å². The van der Waals surface area contributed by atoms with E-state index in [0.29, 0.717) is 21.3 Å². The summed E-state index contributed by atoms with van der Waals surface area (Å²) in [5.74, 6) is -0.219. The van der Waals surface area contributed by atoms with E-state index in [0.717, 1.165) is 10.0 Å². The number of aryl methyl sites for hydroxylation is 1. The molecule has 0 aliphatic carbocycles. The maximum absolute atomic E-state index is 12.2. The smallest absolute Gasteiger partial charge is 0.256 e. The van der Waals surface area contributed by atoms with Crippen LogP contribution in [0.5, 0.6) is 0 Å². The molecule has 2 aromatic carbocycles. The van der Waals surface area contributed by atoms with E-state index in [-0.39, 0.29) is 5.91 Å². The van der Waals surface area contributed by atoms with Crippen molar-refractivity contribution in [3.63, 3.8) is 0 Å². The van der Waals surface area contributed by atoms with Gasteiger partial charge in [0.05, 0.1) is 10.7 Å². The maximum atomic E-state index is 12.2. The van der Waals surface area contributed by atoms with Crippen LogP contribution in [0.2, 0.25) is 10.0 Å². The Morgan fingerprint density at radius 3 is 2.63 bits per heavy atom. The van der Waals surface area contributed by atoms with Gasteiger partial charge in [-0.25, -0.2) is 0 Å². The molecule has 0 bridgehead atoms. The average molecular weight is 359 g/mol. The van der Waals surface area contributed by atoms with Crippen LogP contribution in [0.15, 0.2) is 40.9 Å². The van der Waals surface area contributed by atoms with Crippen molar-refractivity contribution in [1.82, 2.24) is 0 Å². The molecule has 98 valence electrons. The third-order valence-corrected chi connectivity index (χ3v) is 3.68. The van der Waals surface area contributed by atoms with E-state index >= 15 is 0 Å². The molecule has 0 unspecified atom stereocenters. The molecule has 19 heavy (non-hydrogen) atoms. The van der Waals surface area contributed by atoms with E-state index in [2.05, 4.69) is 21.2 Å². The molecular formula is C14H10BrCl2NO. The molecular weight excluding hydrogens is 349 g/mol. The van der Waals surface area contributed by atoms with Crippen molar-refractivity contribution >= 4 is 50.7 Å². The molecule has 0 aromatic heterocycles. The van der Waals surface area contributed by atoms with E-state index in [4.69, 9.17) is 23.2 Å². The van der Waals surface area contributed by atoms with Gasteiger partial charge in [0.25, 0.3) is 5.91 Å². The van der Waals surface area contributed by atoms with Gasteiger partial charge in [-0.1, -0.05) is 45.2 Å². The summed E-state index contributed by atoms with van der Waals surface area (Å²) in [6, 6.07) is 10.5. The highest BCUT2D eigenvalue weighted by Crippen LogP contribution is 2.26. The van der Waals surface area contributed by atoms with E-state index in [1.54, 1.807) is 24.3 Å². The Balaban J connectivity index is 2.30. The number of carbonyl (C=O) groups excluding carboxylic acids is 1. The lowest BCUT2D eigenvalue weighted by Gasteiger charge is -2.10. The molecule has 2 rings (SSSR count). The summed E-state index contributed by atoms with van der Waals surface area (Å²) in [6.45, 7) is 1.88. The minimum atomic E-state index is -0.219. The molecule has 2 nitrogen and oxygen atoms in total. The van der Waals surface area contributed by atoms with Crippen molar-refractivity contribution in [1.29, 1.82) is 0 Å². The predicted molar refractivity (Wildman–Crippen MR) is 83.3 cm³/mol. The van der Waals surface area contributed by atoms with Crippen LogP contribution in [-0.4, -0.2) is 5.91 Å². The first-order valence-corrected chi connectivity index (χ1v) is 7.05. The lowest BCUT2D eigenvalue weighted by Crippen LogP contribution is -2.13. The molecule has 0 spiro atoms. The Morgan fingerprint density at radius 1 is 1.16 bits per heavy atom. The normalized spacial score (nSPS) is 10.3. The summed E-state index contributed by atoms with van der Waals surface area (Å²) in [5.41, 5.74) is 1.97. The van der Waals surface area contributed by atoms with Crippen LogP contribution < -0.4 is 5.32 Å². The van der Waals surface area contributed by atoms with Gasteiger partial charge in [0.1, 0.15) is 0 Å². The summed E-state index contributed by atoms with van der Waals surface area (Å²) in [7, 11) is 0. The third-order valence-electron chi connectivity index (χ3n) is 2.62. The summed E-state index contributed by atoms with van der Waals surface area (Å²) >= 11 is 15.3. The van der Waals surface area contributed by atoms with Gasteiger partial charge in [0, 0.05) is 15.1 Å². The number of hydrogen-bond acceptors (Lipinski definition) is 1. The van der Waals surface area contributed by atoms with Gasteiger partial charge < -0.3 is 5.32 Å². The Kier molecular flexibility index (Phi) is 4.50. The number of amides is 1. The molecule has 0 atom stereocenters. The molecule has 0 aliphatic heterocycles. The zero-order chi connectivity index (χ0) is 14.0. The fourth-order valence-electron chi connectivity index (χ4n) is 1.62. The second-order valence-electron chi connectivity index (χ2n) is 4.04. The number of benzene rings is 2. The monoisotopic (exact) mass is 357 g/mol. The van der Waals surface area contributed by atoms with Gasteiger partial charge in [0.15, 0.2) is 0 Å². The first kappa shape index (κ1) is 14.4. The van der Waals surface area contributed by atoms with Crippen LogP contribution in [-0.2, 0) is 0 Å². The number of nitrogens with one attached hydrogen (secondary N) is 1. The largest absolute Gasteiger partial charge is 0.321 e. The van der Waals surface area contributed by atoms with E-state index in [1.165, 1.54) is 0 Å². The molecule has 1 amide bonds. The van der Waals surface area contributed by atoms with Crippen LogP contribution in [0.3, 0.4) is 0 Å². The van der Waals surface area contributed by atoms with Crippen LogP contribution in [0.25, 0.3) is 0 Å². The lowest BCUT2D eigenvalue weighted by atomic mass is 10.1. The second-order valence-corrected chi connectivity index (χ2v) is 5.80. The zero-order valence-corrected chi connectivity index (χ0v) is 13.1. The SMILES string of the molecule is Cc1ccc(Br)cc1C(=O)Nc1cc(Cl)ccc1Cl. The van der Waals surface area contributed by atoms with Crippen LogP contribution in [0, 0.1) is 6.92 Å². The number of rotatable bonds is 2. The van der Waals surface area contributed by atoms with Crippen molar-refractivity contribution < 1.29 is 4.79 Å². The molecule has 1 N–H and O–H groups in total. The highest BCUT2D eigenvalue weighted by atomic mass is 79.9. The summed E-state index contributed by atoms with van der Waals surface area (Å²) < 4.78 is 0.848. The van der Waals surface area contributed by atoms with Gasteiger partial charge in [-0.3, -0.25) is 4.79 Å². The molecule has 5 heteroatoms. The maximum Gasteiger partial charge on any atom is 0.256 e. The summed E-state index contributed by atoms with van der Waals surface area (Å²) in [5, 5.41) is 3.73. The third kappa shape index (κ3) is 3.50. The van der Waals surface area contributed by atoms with Crippen molar-refractivity contribution in [3.05, 3.63) is 62.0 Å². The zero-order valence-electron chi connectivity index (χ0n) is 10.0. The first-order valence-electron chi connectivity index (χ1n) is 5.50. The molecule has 0 fully saturated rings. The van der Waals surface area contributed by atoms with Gasteiger partial charge in [-0.15, -0.1) is 0 Å². The Morgan fingerprint density at radius 2 is 1.89 bits per heavy atom. The van der Waals surface area contributed by atoms with Gasteiger partial charge in [-0.2, -0.15) is 0 Å². The second kappa shape index (κ2) is 5.95. The van der Waals surface area contributed by atoms with E-state index in [9.17, 15) is 4.79 Å². The fraction of sp³-hybridized carbons (Fsp3) is 0.0714. The number of carbonyl (C=O) groups is 1. The first-order chi connectivity index (χ1) is 8.97. The molecule has 0 saturated carbocycles. The van der Waals surface area contributed by atoms with Gasteiger partial charge >= 0.3 is 0 Å². The molecule has 0 aliphatic rings. The Hall–Kier alpha value is -1.03.